The lowest BCUT2D eigenvalue weighted by molar-refractivity contribution is -0.132. The Hall–Kier alpha value is -0.280. The van der Waals surface area contributed by atoms with Crippen LogP contribution in [0.4, 0.5) is 0 Å². The summed E-state index contributed by atoms with van der Waals surface area (Å²) in [7, 11) is 0. The predicted octanol–water partition coefficient (Wildman–Crippen LogP) is 1.47. The summed E-state index contributed by atoms with van der Waals surface area (Å²) in [5.74, 6) is 0.956. The largest absolute Gasteiger partial charge is 0.353 e. The number of hydrogen-bond donors (Lipinski definition) is 2. The zero-order valence-corrected chi connectivity index (χ0v) is 10.4. The molecule has 16 heavy (non-hydrogen) atoms. The minimum absolute atomic E-state index is 0. The highest BCUT2D eigenvalue weighted by molar-refractivity contribution is 5.85. The van der Waals surface area contributed by atoms with E-state index in [1.807, 2.05) is 0 Å². The number of fused-ring (bicyclic) bond motifs is 1. The fourth-order valence-corrected chi connectivity index (χ4v) is 3.40. The number of nitrogens with one attached hydrogen (secondary N) is 2. The topological polar surface area (TPSA) is 41.1 Å². The molecule has 1 amide bonds. The molecule has 2 atom stereocenters. The van der Waals surface area contributed by atoms with Crippen LogP contribution in [0.2, 0.25) is 0 Å². The highest BCUT2D eigenvalue weighted by Gasteiger charge is 2.51. The number of hydrogen-bond acceptors (Lipinski definition) is 2. The monoisotopic (exact) mass is 244 g/mol. The number of halogens is 1. The van der Waals surface area contributed by atoms with E-state index in [1.165, 1.54) is 32.1 Å². The third-order valence-corrected chi connectivity index (χ3v) is 4.68. The van der Waals surface area contributed by atoms with Crippen molar-refractivity contribution < 1.29 is 4.79 Å². The lowest BCUT2D eigenvalue weighted by Gasteiger charge is -2.33. The second kappa shape index (κ2) is 4.53. The highest BCUT2D eigenvalue weighted by atomic mass is 35.5. The van der Waals surface area contributed by atoms with Crippen molar-refractivity contribution in [3.63, 3.8) is 0 Å². The molecule has 2 N–H and O–H groups in total. The molecule has 0 unspecified atom stereocenters. The van der Waals surface area contributed by atoms with Crippen molar-refractivity contribution in [3.05, 3.63) is 0 Å². The van der Waals surface area contributed by atoms with Crippen LogP contribution in [0.25, 0.3) is 0 Å². The van der Waals surface area contributed by atoms with Gasteiger partial charge in [0.05, 0.1) is 5.41 Å². The average Bonchev–Trinajstić information content (AvgIpc) is 2.68. The Morgan fingerprint density at radius 3 is 2.75 bits per heavy atom. The van der Waals surface area contributed by atoms with Gasteiger partial charge in [0.1, 0.15) is 0 Å². The van der Waals surface area contributed by atoms with Gasteiger partial charge in [0.15, 0.2) is 0 Å². The van der Waals surface area contributed by atoms with Crippen LogP contribution in [0.1, 0.15) is 38.5 Å². The number of carbonyl (C=O) groups excluding carboxylic acids is 1. The van der Waals surface area contributed by atoms with Gasteiger partial charge in [-0.05, 0) is 44.6 Å². The van der Waals surface area contributed by atoms with Gasteiger partial charge in [-0.3, -0.25) is 4.79 Å². The van der Waals surface area contributed by atoms with Gasteiger partial charge in [0.2, 0.25) is 5.91 Å². The zero-order chi connectivity index (χ0) is 10.3. The van der Waals surface area contributed by atoms with E-state index in [4.69, 9.17) is 0 Å². The van der Waals surface area contributed by atoms with E-state index in [2.05, 4.69) is 10.6 Å². The molecule has 0 spiro atoms. The standard InChI is InChI=1S/C12H20N2O.ClH/c15-11(14-10-4-1-5-10)12-6-2-3-9(12)7-13-8-12;/h9-10,13H,1-8H2,(H,14,15);1H/t9-,12-;/m1./s1. The second-order valence-corrected chi connectivity index (χ2v) is 5.48. The molecule has 2 saturated carbocycles. The molecule has 92 valence electrons. The van der Waals surface area contributed by atoms with Gasteiger partial charge >= 0.3 is 0 Å². The van der Waals surface area contributed by atoms with E-state index in [1.54, 1.807) is 0 Å². The quantitative estimate of drug-likeness (QED) is 0.773. The first-order chi connectivity index (χ1) is 7.31. The molecule has 0 aromatic rings. The maximum atomic E-state index is 12.3. The Balaban J connectivity index is 0.000000963. The van der Waals surface area contributed by atoms with Crippen molar-refractivity contribution in [1.82, 2.24) is 10.6 Å². The first kappa shape index (κ1) is 12.2. The summed E-state index contributed by atoms with van der Waals surface area (Å²) in [6.45, 7) is 1.97. The first-order valence-corrected chi connectivity index (χ1v) is 6.33. The molecule has 1 saturated heterocycles. The first-order valence-electron chi connectivity index (χ1n) is 6.33. The van der Waals surface area contributed by atoms with Crippen molar-refractivity contribution in [1.29, 1.82) is 0 Å². The van der Waals surface area contributed by atoms with Gasteiger partial charge < -0.3 is 10.6 Å². The van der Waals surface area contributed by atoms with Crippen LogP contribution in [0.5, 0.6) is 0 Å². The second-order valence-electron chi connectivity index (χ2n) is 5.48. The van der Waals surface area contributed by atoms with E-state index in [0.717, 1.165) is 19.5 Å². The van der Waals surface area contributed by atoms with Gasteiger partial charge in [-0.25, -0.2) is 0 Å². The molecular weight excluding hydrogens is 224 g/mol. The zero-order valence-electron chi connectivity index (χ0n) is 9.63. The Morgan fingerprint density at radius 1 is 1.25 bits per heavy atom. The summed E-state index contributed by atoms with van der Waals surface area (Å²) in [6.07, 6.45) is 7.26. The van der Waals surface area contributed by atoms with Crippen LogP contribution in [0.3, 0.4) is 0 Å². The Morgan fingerprint density at radius 2 is 2.06 bits per heavy atom. The van der Waals surface area contributed by atoms with Crippen molar-refractivity contribution in [2.75, 3.05) is 13.1 Å². The predicted molar refractivity (Wildman–Crippen MR) is 65.7 cm³/mol. The number of rotatable bonds is 2. The molecule has 3 fully saturated rings. The highest BCUT2D eigenvalue weighted by Crippen LogP contribution is 2.46. The molecule has 3 aliphatic rings. The summed E-state index contributed by atoms with van der Waals surface area (Å²) >= 11 is 0. The minimum atomic E-state index is -0.0322. The van der Waals surface area contributed by atoms with Gasteiger partial charge in [0, 0.05) is 12.6 Å². The maximum Gasteiger partial charge on any atom is 0.228 e. The molecule has 0 bridgehead atoms. The van der Waals surface area contributed by atoms with E-state index in [-0.39, 0.29) is 17.8 Å². The normalized spacial score (nSPS) is 37.4. The van der Waals surface area contributed by atoms with E-state index in [0.29, 0.717) is 17.9 Å². The Bertz CT molecular complexity index is 268. The SMILES string of the molecule is Cl.O=C(NC1CCC1)[C@@]12CCC[C@@H]1CNC2. The number of amides is 1. The van der Waals surface area contributed by atoms with Crippen LogP contribution in [-0.4, -0.2) is 25.0 Å². The van der Waals surface area contributed by atoms with Gasteiger partial charge in [-0.2, -0.15) is 0 Å². The Labute approximate surface area is 103 Å². The molecular formula is C12H21ClN2O. The number of carbonyl (C=O) groups is 1. The molecule has 1 aliphatic heterocycles. The summed E-state index contributed by atoms with van der Waals surface area (Å²) in [6, 6.07) is 0.494. The van der Waals surface area contributed by atoms with Crippen LogP contribution in [-0.2, 0) is 4.79 Å². The molecule has 4 heteroatoms. The molecule has 2 aliphatic carbocycles. The molecule has 3 nitrogen and oxygen atoms in total. The van der Waals surface area contributed by atoms with Crippen molar-refractivity contribution >= 4 is 18.3 Å². The fourth-order valence-electron chi connectivity index (χ4n) is 3.40. The summed E-state index contributed by atoms with van der Waals surface area (Å²) in [5.41, 5.74) is -0.0322. The lowest BCUT2D eigenvalue weighted by atomic mass is 9.79. The summed E-state index contributed by atoms with van der Waals surface area (Å²) in [5, 5.41) is 6.64. The maximum absolute atomic E-state index is 12.3. The Kier molecular flexibility index (Phi) is 3.45. The van der Waals surface area contributed by atoms with Crippen LogP contribution < -0.4 is 10.6 Å². The van der Waals surface area contributed by atoms with Crippen LogP contribution >= 0.6 is 12.4 Å². The third-order valence-electron chi connectivity index (χ3n) is 4.68. The van der Waals surface area contributed by atoms with Crippen molar-refractivity contribution in [2.24, 2.45) is 11.3 Å². The van der Waals surface area contributed by atoms with Gasteiger partial charge in [0.25, 0.3) is 0 Å². The minimum Gasteiger partial charge on any atom is -0.353 e. The molecule has 0 aromatic carbocycles. The summed E-state index contributed by atoms with van der Waals surface area (Å²) in [4.78, 5) is 12.3. The smallest absolute Gasteiger partial charge is 0.228 e. The van der Waals surface area contributed by atoms with Crippen molar-refractivity contribution in [2.45, 2.75) is 44.6 Å². The van der Waals surface area contributed by atoms with Crippen molar-refractivity contribution in [3.8, 4) is 0 Å². The van der Waals surface area contributed by atoms with Crippen LogP contribution in [0.15, 0.2) is 0 Å². The van der Waals surface area contributed by atoms with Gasteiger partial charge in [-0.15, -0.1) is 12.4 Å². The van der Waals surface area contributed by atoms with Crippen LogP contribution in [0, 0.1) is 11.3 Å². The fraction of sp³-hybridized carbons (Fsp3) is 0.917. The molecule has 1 heterocycles. The van der Waals surface area contributed by atoms with E-state index in [9.17, 15) is 4.79 Å². The average molecular weight is 245 g/mol. The molecule has 3 rings (SSSR count). The molecule has 0 radical (unpaired) electrons. The van der Waals surface area contributed by atoms with E-state index >= 15 is 0 Å². The summed E-state index contributed by atoms with van der Waals surface area (Å²) < 4.78 is 0. The van der Waals surface area contributed by atoms with E-state index < -0.39 is 0 Å². The molecule has 0 aromatic heterocycles. The lowest BCUT2D eigenvalue weighted by Crippen LogP contribution is -2.49. The third kappa shape index (κ3) is 1.74. The van der Waals surface area contributed by atoms with Gasteiger partial charge in [-0.1, -0.05) is 6.42 Å².